The van der Waals surface area contributed by atoms with Crippen LogP contribution in [0.4, 0.5) is 5.69 Å². The molecule has 1 atom stereocenters. The lowest BCUT2D eigenvalue weighted by Crippen LogP contribution is -2.37. The fraction of sp³-hybridized carbons (Fsp3) is 0.263. The maximum absolute atomic E-state index is 12.6. The Morgan fingerprint density at radius 3 is 2.79 bits per heavy atom. The van der Waals surface area contributed by atoms with E-state index in [1.54, 1.807) is 11.0 Å². The molecule has 0 aliphatic carbocycles. The maximum Gasteiger partial charge on any atom is 0.255 e. The molecular weight excluding hydrogens is 304 g/mol. The average Bonchev–Trinajstić information content (AvgIpc) is 3.21. The summed E-state index contributed by atoms with van der Waals surface area (Å²) in [5.74, 6) is 0.529. The van der Waals surface area contributed by atoms with E-state index in [-0.39, 0.29) is 17.9 Å². The van der Waals surface area contributed by atoms with E-state index < -0.39 is 0 Å². The Kier molecular flexibility index (Phi) is 3.69. The van der Waals surface area contributed by atoms with E-state index in [2.05, 4.69) is 5.32 Å². The summed E-state index contributed by atoms with van der Waals surface area (Å²) in [6.07, 6.45) is 1.15. The van der Waals surface area contributed by atoms with E-state index in [4.69, 9.17) is 4.74 Å². The number of nitrogens with one attached hydrogen (secondary N) is 1. The molecule has 4 rings (SSSR count). The van der Waals surface area contributed by atoms with E-state index >= 15 is 0 Å². The third kappa shape index (κ3) is 2.62. The molecule has 0 saturated carbocycles. The van der Waals surface area contributed by atoms with Crippen molar-refractivity contribution in [1.82, 2.24) is 5.32 Å². The highest BCUT2D eigenvalue weighted by molar-refractivity contribution is 6.00. The number of nitrogens with zero attached hydrogens (tertiary/aromatic N) is 1. The quantitative estimate of drug-likeness (QED) is 0.942. The number of ether oxygens (including phenoxy) is 1. The molecular formula is C19H18N2O3. The molecule has 1 N–H and O–H groups in total. The molecule has 2 aromatic carbocycles. The molecule has 0 bridgehead atoms. The summed E-state index contributed by atoms with van der Waals surface area (Å²) < 4.78 is 5.59. The summed E-state index contributed by atoms with van der Waals surface area (Å²) >= 11 is 0. The first kappa shape index (κ1) is 14.8. The van der Waals surface area contributed by atoms with Crippen molar-refractivity contribution in [3.63, 3.8) is 0 Å². The lowest BCUT2D eigenvalue weighted by Gasteiger charge is -2.17. The van der Waals surface area contributed by atoms with Gasteiger partial charge in [-0.1, -0.05) is 30.3 Å². The highest BCUT2D eigenvalue weighted by Gasteiger charge is 2.32. The van der Waals surface area contributed by atoms with Crippen molar-refractivity contribution in [1.29, 1.82) is 0 Å². The van der Waals surface area contributed by atoms with Gasteiger partial charge in [-0.3, -0.25) is 9.59 Å². The predicted molar refractivity (Wildman–Crippen MR) is 90.3 cm³/mol. The van der Waals surface area contributed by atoms with E-state index in [1.807, 2.05) is 42.5 Å². The first-order valence-electron chi connectivity index (χ1n) is 8.13. The Labute approximate surface area is 140 Å². The minimum atomic E-state index is -0.192. The highest BCUT2D eigenvalue weighted by atomic mass is 16.5. The first-order valence-corrected chi connectivity index (χ1v) is 8.13. The molecule has 2 aliphatic heterocycles. The Hall–Kier alpha value is -2.82. The SMILES string of the molecule is O=C(NC1CC(=O)N(c2ccccc2)C1)c1cccc2c1OCC2. The topological polar surface area (TPSA) is 58.6 Å². The zero-order chi connectivity index (χ0) is 16.5. The van der Waals surface area contributed by atoms with Gasteiger partial charge in [0.25, 0.3) is 5.91 Å². The van der Waals surface area contributed by atoms with Gasteiger partial charge in [-0.15, -0.1) is 0 Å². The molecule has 5 heteroatoms. The summed E-state index contributed by atoms with van der Waals surface area (Å²) in [6.45, 7) is 1.10. The lowest BCUT2D eigenvalue weighted by atomic mass is 10.1. The summed E-state index contributed by atoms with van der Waals surface area (Å²) in [5.41, 5.74) is 2.48. The number of hydrogen-bond acceptors (Lipinski definition) is 3. The normalized spacial score (nSPS) is 19.1. The maximum atomic E-state index is 12.6. The summed E-state index contributed by atoms with van der Waals surface area (Å²) in [6, 6.07) is 15.0. The van der Waals surface area contributed by atoms with Crippen LogP contribution in [0.15, 0.2) is 48.5 Å². The minimum Gasteiger partial charge on any atom is -0.492 e. The van der Waals surface area contributed by atoms with Crippen LogP contribution in [0, 0.1) is 0 Å². The second kappa shape index (κ2) is 6.00. The van der Waals surface area contributed by atoms with Gasteiger partial charge in [0, 0.05) is 25.1 Å². The van der Waals surface area contributed by atoms with Gasteiger partial charge in [-0.05, 0) is 23.8 Å². The highest BCUT2D eigenvalue weighted by Crippen LogP contribution is 2.29. The second-order valence-corrected chi connectivity index (χ2v) is 6.11. The molecule has 2 heterocycles. The van der Waals surface area contributed by atoms with Crippen LogP contribution in [-0.4, -0.2) is 31.0 Å². The van der Waals surface area contributed by atoms with Gasteiger partial charge in [0.05, 0.1) is 18.2 Å². The standard InChI is InChI=1S/C19H18N2O3/c22-17-11-14(12-21(17)15-6-2-1-3-7-15)20-19(23)16-8-4-5-13-9-10-24-18(13)16/h1-8,14H,9-12H2,(H,20,23). The van der Waals surface area contributed by atoms with E-state index in [0.29, 0.717) is 30.9 Å². The number of hydrogen-bond donors (Lipinski definition) is 1. The number of fused-ring (bicyclic) bond motifs is 1. The Morgan fingerprint density at radius 1 is 1.12 bits per heavy atom. The van der Waals surface area contributed by atoms with Crippen molar-refractivity contribution in [3.8, 4) is 5.75 Å². The molecule has 0 spiro atoms. The predicted octanol–water partition coefficient (Wildman–Crippen LogP) is 2.16. The van der Waals surface area contributed by atoms with Crippen LogP contribution in [0.5, 0.6) is 5.75 Å². The number of benzene rings is 2. The number of rotatable bonds is 3. The van der Waals surface area contributed by atoms with Crippen molar-refractivity contribution in [2.75, 3.05) is 18.1 Å². The van der Waals surface area contributed by atoms with Gasteiger partial charge in [0.1, 0.15) is 5.75 Å². The molecule has 1 saturated heterocycles. The van der Waals surface area contributed by atoms with E-state index in [9.17, 15) is 9.59 Å². The van der Waals surface area contributed by atoms with E-state index in [0.717, 1.165) is 17.7 Å². The zero-order valence-electron chi connectivity index (χ0n) is 13.2. The third-order valence-electron chi connectivity index (χ3n) is 4.49. The van der Waals surface area contributed by atoms with Crippen molar-refractivity contribution >= 4 is 17.5 Å². The van der Waals surface area contributed by atoms with Crippen molar-refractivity contribution in [2.45, 2.75) is 18.9 Å². The fourth-order valence-corrected chi connectivity index (χ4v) is 3.32. The van der Waals surface area contributed by atoms with Gasteiger partial charge in [0.2, 0.25) is 5.91 Å². The van der Waals surface area contributed by atoms with Gasteiger partial charge in [0.15, 0.2) is 0 Å². The van der Waals surface area contributed by atoms with Crippen LogP contribution in [0.25, 0.3) is 0 Å². The molecule has 2 aromatic rings. The zero-order valence-corrected chi connectivity index (χ0v) is 13.2. The molecule has 1 unspecified atom stereocenters. The monoisotopic (exact) mass is 322 g/mol. The van der Waals surface area contributed by atoms with Gasteiger partial charge >= 0.3 is 0 Å². The minimum absolute atomic E-state index is 0.0287. The molecule has 2 amide bonds. The number of para-hydroxylation sites is 2. The van der Waals surface area contributed by atoms with Crippen LogP contribution in [0.2, 0.25) is 0 Å². The Morgan fingerprint density at radius 2 is 1.96 bits per heavy atom. The molecule has 5 nitrogen and oxygen atoms in total. The number of carbonyl (C=O) groups is 2. The molecule has 0 radical (unpaired) electrons. The summed E-state index contributed by atoms with van der Waals surface area (Å²) in [7, 11) is 0. The van der Waals surface area contributed by atoms with Crippen LogP contribution in [0.3, 0.4) is 0 Å². The third-order valence-corrected chi connectivity index (χ3v) is 4.49. The van der Waals surface area contributed by atoms with Crippen molar-refractivity contribution in [2.24, 2.45) is 0 Å². The Balaban J connectivity index is 1.48. The molecule has 2 aliphatic rings. The first-order chi connectivity index (χ1) is 11.7. The largest absolute Gasteiger partial charge is 0.492 e. The average molecular weight is 322 g/mol. The van der Waals surface area contributed by atoms with Crippen molar-refractivity contribution < 1.29 is 14.3 Å². The lowest BCUT2D eigenvalue weighted by molar-refractivity contribution is -0.117. The number of anilines is 1. The molecule has 24 heavy (non-hydrogen) atoms. The van der Waals surface area contributed by atoms with Gasteiger partial charge in [-0.25, -0.2) is 0 Å². The molecule has 122 valence electrons. The smallest absolute Gasteiger partial charge is 0.255 e. The summed E-state index contributed by atoms with van der Waals surface area (Å²) in [5, 5.41) is 2.97. The van der Waals surface area contributed by atoms with E-state index in [1.165, 1.54) is 0 Å². The van der Waals surface area contributed by atoms with Crippen LogP contribution < -0.4 is 15.0 Å². The summed E-state index contributed by atoms with van der Waals surface area (Å²) in [4.78, 5) is 26.5. The molecule has 1 fully saturated rings. The van der Waals surface area contributed by atoms with Crippen LogP contribution >= 0.6 is 0 Å². The van der Waals surface area contributed by atoms with Crippen LogP contribution in [0.1, 0.15) is 22.3 Å². The van der Waals surface area contributed by atoms with Crippen molar-refractivity contribution in [3.05, 3.63) is 59.7 Å². The number of amides is 2. The second-order valence-electron chi connectivity index (χ2n) is 6.11. The number of carbonyl (C=O) groups excluding carboxylic acids is 2. The van der Waals surface area contributed by atoms with Crippen LogP contribution in [-0.2, 0) is 11.2 Å². The van der Waals surface area contributed by atoms with Gasteiger partial charge < -0.3 is 15.0 Å². The fourth-order valence-electron chi connectivity index (χ4n) is 3.32. The molecule has 0 aromatic heterocycles. The Bertz CT molecular complexity index is 788. The van der Waals surface area contributed by atoms with Gasteiger partial charge in [-0.2, -0.15) is 0 Å².